The van der Waals surface area contributed by atoms with Gasteiger partial charge in [0.05, 0.1) is 12.1 Å². The predicted octanol–water partition coefficient (Wildman–Crippen LogP) is 2.76. The molecular formula is C27H31N7O3. The number of carbonyl (C=O) groups excluding carboxylic acids is 3. The van der Waals surface area contributed by atoms with Gasteiger partial charge < -0.3 is 4.90 Å². The second kappa shape index (κ2) is 10.6. The number of urea groups is 1. The van der Waals surface area contributed by atoms with E-state index in [2.05, 4.69) is 21.4 Å². The molecule has 10 nitrogen and oxygen atoms in total. The Labute approximate surface area is 216 Å². The molecule has 5 rings (SSSR count). The number of amides is 3. The zero-order valence-electron chi connectivity index (χ0n) is 21.1. The van der Waals surface area contributed by atoms with Gasteiger partial charge in [0, 0.05) is 37.9 Å². The van der Waals surface area contributed by atoms with Gasteiger partial charge in [0.2, 0.25) is 5.91 Å². The van der Waals surface area contributed by atoms with E-state index in [-0.39, 0.29) is 17.6 Å². The molecule has 10 heteroatoms. The van der Waals surface area contributed by atoms with E-state index in [9.17, 15) is 19.6 Å². The molecule has 0 atom stereocenters. The molecule has 0 unspecified atom stereocenters. The molecule has 192 valence electrons. The zero-order valence-corrected chi connectivity index (χ0v) is 21.1. The lowest BCUT2D eigenvalue weighted by Crippen LogP contribution is -2.40. The van der Waals surface area contributed by atoms with Gasteiger partial charge in [-0.3, -0.25) is 24.7 Å². The summed E-state index contributed by atoms with van der Waals surface area (Å²) in [6.45, 7) is 2.63. The van der Waals surface area contributed by atoms with Gasteiger partial charge in [0.25, 0.3) is 0 Å². The van der Waals surface area contributed by atoms with Crippen molar-refractivity contribution < 1.29 is 14.4 Å². The van der Waals surface area contributed by atoms with Crippen LogP contribution in [0.5, 0.6) is 0 Å². The number of carbonyl (C=O) groups is 3. The van der Waals surface area contributed by atoms with Gasteiger partial charge in [-0.1, -0.05) is 0 Å². The van der Waals surface area contributed by atoms with Crippen molar-refractivity contribution in [2.45, 2.75) is 45.1 Å². The molecule has 1 saturated carbocycles. The van der Waals surface area contributed by atoms with Crippen LogP contribution in [0.2, 0.25) is 0 Å². The number of hydrogen-bond acceptors (Lipinski definition) is 7. The molecule has 0 aromatic carbocycles. The number of fused-ring (bicyclic) bond motifs is 1. The number of likely N-dealkylation sites (N-methyl/N-ethyl adjacent to an activating group) is 1. The summed E-state index contributed by atoms with van der Waals surface area (Å²) in [6, 6.07) is 5.51. The highest BCUT2D eigenvalue weighted by Crippen LogP contribution is 2.34. The molecule has 0 bridgehead atoms. The fourth-order valence-electron chi connectivity index (χ4n) is 5.07. The Balaban J connectivity index is 1.36. The molecule has 0 radical (unpaired) electrons. The highest BCUT2D eigenvalue weighted by molar-refractivity contribution is 6.01. The maximum atomic E-state index is 13.3. The Hall–Kier alpha value is -3.84. The van der Waals surface area contributed by atoms with Crippen molar-refractivity contribution in [1.82, 2.24) is 19.8 Å². The van der Waals surface area contributed by atoms with E-state index in [4.69, 9.17) is 0 Å². The van der Waals surface area contributed by atoms with Crippen LogP contribution in [0.4, 0.5) is 16.4 Å². The van der Waals surface area contributed by atoms with Crippen molar-refractivity contribution in [2.24, 2.45) is 5.92 Å². The van der Waals surface area contributed by atoms with Crippen LogP contribution in [0.3, 0.4) is 0 Å². The van der Waals surface area contributed by atoms with E-state index >= 15 is 0 Å². The number of nitriles is 1. The van der Waals surface area contributed by atoms with Gasteiger partial charge in [-0.2, -0.15) is 5.26 Å². The van der Waals surface area contributed by atoms with Crippen LogP contribution in [0.1, 0.15) is 58.4 Å². The van der Waals surface area contributed by atoms with Gasteiger partial charge in [-0.25, -0.2) is 14.8 Å². The molecule has 3 aliphatic rings. The Kier molecular flexibility index (Phi) is 7.15. The molecule has 1 saturated heterocycles. The molecule has 2 aromatic rings. The lowest BCUT2D eigenvalue weighted by atomic mass is 10.0. The first-order chi connectivity index (χ1) is 17.9. The average Bonchev–Trinajstić information content (AvgIpc) is 3.72. The van der Waals surface area contributed by atoms with Gasteiger partial charge in [0.1, 0.15) is 23.4 Å². The summed E-state index contributed by atoms with van der Waals surface area (Å²) in [5.41, 5.74) is 3.25. The Bertz CT molecular complexity index is 1270. The standard InChI is InChI=1S/C27H31N7O3/c1-32-7-3-8-33(25(36)16-32)15-21-11-19-4-2-9-34(26(19)30-23(21)17-35)27(37)31-24-12-20(10-18-5-6-18)22(13-28)14-29-24/h11-12,14,17-18H,2-10,15-16H2,1H3,(H,29,31,37). The summed E-state index contributed by atoms with van der Waals surface area (Å²) in [5.74, 6) is 1.48. The summed E-state index contributed by atoms with van der Waals surface area (Å²) in [7, 11) is 1.93. The molecular weight excluding hydrogens is 470 g/mol. The van der Waals surface area contributed by atoms with E-state index in [0.717, 1.165) is 56.2 Å². The first-order valence-electron chi connectivity index (χ1n) is 12.9. The summed E-state index contributed by atoms with van der Waals surface area (Å²) in [4.78, 5) is 52.1. The Morgan fingerprint density at radius 1 is 1.22 bits per heavy atom. The smallest absolute Gasteiger partial charge is 0.328 e. The third kappa shape index (κ3) is 5.62. The van der Waals surface area contributed by atoms with E-state index in [0.29, 0.717) is 61.1 Å². The number of nitrogens with one attached hydrogen (secondary N) is 1. The van der Waals surface area contributed by atoms with Crippen molar-refractivity contribution in [3.8, 4) is 6.07 Å². The number of aromatic nitrogens is 2. The summed E-state index contributed by atoms with van der Waals surface area (Å²) in [5, 5.41) is 12.3. The summed E-state index contributed by atoms with van der Waals surface area (Å²) >= 11 is 0. The molecule has 3 amide bonds. The van der Waals surface area contributed by atoms with Crippen LogP contribution in [0, 0.1) is 17.2 Å². The molecule has 2 aromatic heterocycles. The number of anilines is 2. The highest BCUT2D eigenvalue weighted by atomic mass is 16.2. The minimum absolute atomic E-state index is 0.0338. The summed E-state index contributed by atoms with van der Waals surface area (Å²) in [6.07, 6.45) is 7.69. The summed E-state index contributed by atoms with van der Waals surface area (Å²) < 4.78 is 0. The molecule has 1 N–H and O–H groups in total. The SMILES string of the molecule is CN1CCCN(Cc2cc3c(nc2C=O)N(C(=O)Nc2cc(CC4CC4)c(C#N)cn2)CCC3)C(=O)C1. The molecule has 2 aliphatic heterocycles. The van der Waals surface area contributed by atoms with E-state index in [1.165, 1.54) is 6.20 Å². The number of pyridine rings is 2. The maximum absolute atomic E-state index is 13.3. The monoisotopic (exact) mass is 501 g/mol. The number of nitrogens with zero attached hydrogens (tertiary/aromatic N) is 6. The maximum Gasteiger partial charge on any atom is 0.328 e. The van der Waals surface area contributed by atoms with Crippen LogP contribution >= 0.6 is 0 Å². The normalized spacial score (nSPS) is 18.1. The van der Waals surface area contributed by atoms with Crippen molar-refractivity contribution in [2.75, 3.05) is 43.4 Å². The minimum Gasteiger partial charge on any atom is -0.337 e. The number of aryl methyl sites for hydroxylation is 1. The quantitative estimate of drug-likeness (QED) is 0.604. The van der Waals surface area contributed by atoms with Gasteiger partial charge in [0.15, 0.2) is 6.29 Å². The van der Waals surface area contributed by atoms with Crippen molar-refractivity contribution in [3.05, 3.63) is 46.3 Å². The van der Waals surface area contributed by atoms with Crippen LogP contribution in [0.15, 0.2) is 18.3 Å². The molecule has 37 heavy (non-hydrogen) atoms. The third-order valence-electron chi connectivity index (χ3n) is 7.27. The van der Waals surface area contributed by atoms with Gasteiger partial charge in [-0.15, -0.1) is 0 Å². The van der Waals surface area contributed by atoms with Crippen LogP contribution in [0.25, 0.3) is 0 Å². The molecule has 1 aliphatic carbocycles. The average molecular weight is 502 g/mol. The van der Waals surface area contributed by atoms with E-state index < -0.39 is 0 Å². The van der Waals surface area contributed by atoms with Crippen LogP contribution in [-0.4, -0.2) is 71.2 Å². The number of rotatable bonds is 6. The molecule has 2 fully saturated rings. The largest absolute Gasteiger partial charge is 0.337 e. The van der Waals surface area contributed by atoms with E-state index in [1.807, 2.05) is 18.0 Å². The Morgan fingerprint density at radius 3 is 2.81 bits per heavy atom. The lowest BCUT2D eigenvalue weighted by molar-refractivity contribution is -0.131. The first kappa shape index (κ1) is 24.8. The zero-order chi connectivity index (χ0) is 25.9. The second-order valence-corrected chi connectivity index (χ2v) is 10.2. The van der Waals surface area contributed by atoms with Gasteiger partial charge in [-0.05, 0) is 74.8 Å². The lowest BCUT2D eigenvalue weighted by Gasteiger charge is -2.30. The van der Waals surface area contributed by atoms with E-state index in [1.54, 1.807) is 15.9 Å². The second-order valence-electron chi connectivity index (χ2n) is 10.2. The highest BCUT2D eigenvalue weighted by Gasteiger charge is 2.28. The van der Waals surface area contributed by atoms with Crippen molar-refractivity contribution in [1.29, 1.82) is 5.26 Å². The fourth-order valence-corrected chi connectivity index (χ4v) is 5.07. The predicted molar refractivity (Wildman–Crippen MR) is 137 cm³/mol. The fraction of sp³-hybridized carbons (Fsp3) is 0.481. The van der Waals surface area contributed by atoms with Crippen molar-refractivity contribution >= 4 is 29.9 Å². The molecule has 4 heterocycles. The molecule has 0 spiro atoms. The van der Waals surface area contributed by atoms with Crippen LogP contribution in [-0.2, 0) is 24.2 Å². The van der Waals surface area contributed by atoms with Gasteiger partial charge >= 0.3 is 6.03 Å². The van der Waals surface area contributed by atoms with Crippen LogP contribution < -0.4 is 10.2 Å². The first-order valence-corrected chi connectivity index (χ1v) is 12.9. The topological polar surface area (TPSA) is 123 Å². The van der Waals surface area contributed by atoms with Crippen molar-refractivity contribution in [3.63, 3.8) is 0 Å². The Morgan fingerprint density at radius 2 is 2.05 bits per heavy atom. The number of hydrogen-bond donors (Lipinski definition) is 1. The number of aldehydes is 1. The minimum atomic E-state index is -0.377. The third-order valence-corrected chi connectivity index (χ3v) is 7.27.